The van der Waals surface area contributed by atoms with Crippen LogP contribution in [0.15, 0.2) is 18.2 Å². The fraction of sp³-hybridized carbons (Fsp3) is 0.444. The van der Waals surface area contributed by atoms with Crippen molar-refractivity contribution in [1.29, 1.82) is 0 Å². The number of benzene rings is 1. The molecule has 1 aromatic carbocycles. The van der Waals surface area contributed by atoms with E-state index in [1.54, 1.807) is 6.07 Å². The van der Waals surface area contributed by atoms with E-state index in [9.17, 15) is 14.3 Å². The van der Waals surface area contributed by atoms with Gasteiger partial charge in [-0.05, 0) is 30.8 Å². The minimum Gasteiger partial charge on any atom is -0.477 e. The van der Waals surface area contributed by atoms with Crippen LogP contribution in [0.4, 0.5) is 4.39 Å². The summed E-state index contributed by atoms with van der Waals surface area (Å²) in [5.41, 5.74) is 1.08. The van der Waals surface area contributed by atoms with Gasteiger partial charge in [-0.3, -0.25) is 4.90 Å². The molecule has 25 heavy (non-hydrogen) atoms. The van der Waals surface area contributed by atoms with E-state index in [1.807, 2.05) is 6.07 Å². The maximum absolute atomic E-state index is 14.7. The number of rotatable bonds is 6. The van der Waals surface area contributed by atoms with E-state index < -0.39 is 11.8 Å². The molecule has 1 aromatic heterocycles. The number of fused-ring (bicyclic) bond motifs is 1. The van der Waals surface area contributed by atoms with E-state index in [0.717, 1.165) is 25.1 Å². The molecule has 0 amide bonds. The van der Waals surface area contributed by atoms with Gasteiger partial charge < -0.3 is 9.84 Å². The lowest BCUT2D eigenvalue weighted by Crippen LogP contribution is -2.22. The third kappa shape index (κ3) is 3.37. The molecule has 0 unspecified atom stereocenters. The molecule has 0 aliphatic carbocycles. The number of halogens is 1. The molecular formula is C18H22FN3O3. The number of ether oxygens (including phenoxy) is 1. The first-order valence-corrected chi connectivity index (χ1v) is 8.53. The van der Waals surface area contributed by atoms with E-state index in [2.05, 4.69) is 23.8 Å². The first-order chi connectivity index (χ1) is 12.0. The van der Waals surface area contributed by atoms with Crippen molar-refractivity contribution in [3.8, 4) is 17.1 Å². The molecule has 3 rings (SSSR count). The molecular weight excluding hydrogens is 325 g/mol. The molecule has 0 saturated carbocycles. The topological polar surface area (TPSA) is 67.6 Å². The Morgan fingerprint density at radius 3 is 2.80 bits per heavy atom. The van der Waals surface area contributed by atoms with Crippen LogP contribution in [-0.4, -0.2) is 45.5 Å². The standard InChI is InChI=1S/C18H22FN3O3/c1-3-21(4-2)11-12-6-7-13(14(19)10-12)16-15(18(23)24)17-22(20-16)8-5-9-25-17/h6-7,10H,3-5,8-9,11H2,1-2H3,(H,23,24). The lowest BCUT2D eigenvalue weighted by Gasteiger charge is -2.18. The zero-order valence-electron chi connectivity index (χ0n) is 14.5. The number of hydrogen-bond donors (Lipinski definition) is 1. The highest BCUT2D eigenvalue weighted by molar-refractivity contribution is 5.97. The van der Waals surface area contributed by atoms with Gasteiger partial charge in [-0.2, -0.15) is 5.10 Å². The summed E-state index contributed by atoms with van der Waals surface area (Å²) in [5.74, 6) is -1.42. The fourth-order valence-corrected chi connectivity index (χ4v) is 3.06. The minimum atomic E-state index is -1.16. The summed E-state index contributed by atoms with van der Waals surface area (Å²) >= 11 is 0. The summed E-state index contributed by atoms with van der Waals surface area (Å²) in [4.78, 5) is 13.8. The van der Waals surface area contributed by atoms with Crippen molar-refractivity contribution in [2.45, 2.75) is 33.4 Å². The predicted octanol–water partition coefficient (Wildman–Crippen LogP) is 3.01. The molecule has 1 N–H and O–H groups in total. The zero-order valence-corrected chi connectivity index (χ0v) is 14.5. The van der Waals surface area contributed by atoms with Crippen molar-refractivity contribution < 1.29 is 19.0 Å². The maximum Gasteiger partial charge on any atom is 0.343 e. The second-order valence-corrected chi connectivity index (χ2v) is 6.03. The number of aromatic carboxylic acids is 1. The maximum atomic E-state index is 14.7. The number of nitrogens with zero attached hydrogens (tertiary/aromatic N) is 3. The summed E-state index contributed by atoms with van der Waals surface area (Å²) in [7, 11) is 0. The number of aryl methyl sites for hydroxylation is 1. The van der Waals surface area contributed by atoms with Gasteiger partial charge in [0.2, 0.25) is 5.88 Å². The van der Waals surface area contributed by atoms with E-state index in [1.165, 1.54) is 10.7 Å². The first kappa shape index (κ1) is 17.4. The van der Waals surface area contributed by atoms with Gasteiger partial charge in [0.25, 0.3) is 0 Å². The first-order valence-electron chi connectivity index (χ1n) is 8.53. The molecule has 2 aromatic rings. The molecule has 0 saturated heterocycles. The summed E-state index contributed by atoms with van der Waals surface area (Å²) in [5, 5.41) is 13.8. The van der Waals surface area contributed by atoms with Crippen LogP contribution >= 0.6 is 0 Å². The lowest BCUT2D eigenvalue weighted by molar-refractivity contribution is 0.0690. The molecule has 134 valence electrons. The van der Waals surface area contributed by atoms with Crippen molar-refractivity contribution in [3.63, 3.8) is 0 Å². The quantitative estimate of drug-likeness (QED) is 0.870. The van der Waals surface area contributed by atoms with Gasteiger partial charge in [0, 0.05) is 25.1 Å². The Bertz CT molecular complexity index is 784. The van der Waals surface area contributed by atoms with Crippen LogP contribution in [0.5, 0.6) is 5.88 Å². The summed E-state index contributed by atoms with van der Waals surface area (Å²) in [6.45, 7) is 7.54. The second-order valence-electron chi connectivity index (χ2n) is 6.03. The highest BCUT2D eigenvalue weighted by atomic mass is 19.1. The van der Waals surface area contributed by atoms with Crippen molar-refractivity contribution in [3.05, 3.63) is 35.1 Å². The van der Waals surface area contributed by atoms with Crippen LogP contribution in [0.3, 0.4) is 0 Å². The Morgan fingerprint density at radius 2 is 2.16 bits per heavy atom. The Hall–Kier alpha value is -2.41. The van der Waals surface area contributed by atoms with Gasteiger partial charge >= 0.3 is 5.97 Å². The average Bonchev–Trinajstić information content (AvgIpc) is 2.99. The number of hydrogen-bond acceptors (Lipinski definition) is 4. The van der Waals surface area contributed by atoms with Crippen LogP contribution in [0.2, 0.25) is 0 Å². The second kappa shape index (κ2) is 7.23. The molecule has 2 heterocycles. The summed E-state index contributed by atoms with van der Waals surface area (Å²) in [6.07, 6.45) is 0.748. The predicted molar refractivity (Wildman–Crippen MR) is 91.3 cm³/mol. The smallest absolute Gasteiger partial charge is 0.343 e. The summed E-state index contributed by atoms with van der Waals surface area (Å²) < 4.78 is 21.7. The number of carbonyl (C=O) groups is 1. The molecule has 0 radical (unpaired) electrons. The Balaban J connectivity index is 2.00. The van der Waals surface area contributed by atoms with Gasteiger partial charge in [0.05, 0.1) is 6.61 Å². The number of carboxylic acid groups (broad SMARTS) is 1. The van der Waals surface area contributed by atoms with Crippen LogP contribution in [-0.2, 0) is 13.1 Å². The molecule has 0 atom stereocenters. The van der Waals surface area contributed by atoms with Crippen LogP contribution in [0, 0.1) is 5.82 Å². The summed E-state index contributed by atoms with van der Waals surface area (Å²) in [6, 6.07) is 4.88. The average molecular weight is 347 g/mol. The molecule has 0 bridgehead atoms. The fourth-order valence-electron chi connectivity index (χ4n) is 3.06. The highest BCUT2D eigenvalue weighted by Crippen LogP contribution is 2.34. The van der Waals surface area contributed by atoms with Gasteiger partial charge in [-0.1, -0.05) is 19.9 Å². The number of aromatic nitrogens is 2. The number of carboxylic acids is 1. The Labute approximate surface area is 145 Å². The molecule has 0 fully saturated rings. The molecule has 0 spiro atoms. The Morgan fingerprint density at radius 1 is 1.40 bits per heavy atom. The molecule has 6 nitrogen and oxygen atoms in total. The van der Waals surface area contributed by atoms with Crippen LogP contribution < -0.4 is 4.74 Å². The highest BCUT2D eigenvalue weighted by Gasteiger charge is 2.29. The van der Waals surface area contributed by atoms with E-state index in [0.29, 0.717) is 19.7 Å². The zero-order chi connectivity index (χ0) is 18.0. The third-order valence-electron chi connectivity index (χ3n) is 4.46. The van der Waals surface area contributed by atoms with Crippen molar-refractivity contribution in [2.24, 2.45) is 0 Å². The lowest BCUT2D eigenvalue weighted by atomic mass is 10.0. The van der Waals surface area contributed by atoms with E-state index in [-0.39, 0.29) is 22.7 Å². The van der Waals surface area contributed by atoms with Gasteiger partial charge in [0.1, 0.15) is 17.1 Å². The van der Waals surface area contributed by atoms with Crippen molar-refractivity contribution in [2.75, 3.05) is 19.7 Å². The minimum absolute atomic E-state index is 0.0740. The van der Waals surface area contributed by atoms with Gasteiger partial charge in [0.15, 0.2) is 0 Å². The van der Waals surface area contributed by atoms with E-state index >= 15 is 0 Å². The van der Waals surface area contributed by atoms with Crippen molar-refractivity contribution in [1.82, 2.24) is 14.7 Å². The van der Waals surface area contributed by atoms with Crippen molar-refractivity contribution >= 4 is 5.97 Å². The Kier molecular flexibility index (Phi) is 5.03. The van der Waals surface area contributed by atoms with Crippen LogP contribution in [0.25, 0.3) is 11.3 Å². The molecule has 1 aliphatic heterocycles. The SMILES string of the molecule is CCN(CC)Cc1ccc(-c2nn3c(c2C(=O)O)OCCC3)c(F)c1. The monoisotopic (exact) mass is 347 g/mol. The van der Waals surface area contributed by atoms with E-state index in [4.69, 9.17) is 4.74 Å². The largest absolute Gasteiger partial charge is 0.477 e. The van der Waals surface area contributed by atoms with Crippen LogP contribution in [0.1, 0.15) is 36.2 Å². The van der Waals surface area contributed by atoms with Gasteiger partial charge in [-0.15, -0.1) is 0 Å². The third-order valence-corrected chi connectivity index (χ3v) is 4.46. The normalized spacial score (nSPS) is 13.6. The van der Waals surface area contributed by atoms with Gasteiger partial charge in [-0.25, -0.2) is 13.9 Å². The molecule has 7 heteroatoms. The molecule has 1 aliphatic rings.